The molecule has 0 saturated heterocycles. The molecule has 0 bridgehead atoms. The lowest BCUT2D eigenvalue weighted by molar-refractivity contribution is -0.115. The number of sulfonamides is 1. The van der Waals surface area contributed by atoms with Crippen LogP contribution in [-0.4, -0.2) is 33.3 Å². The fourth-order valence-corrected chi connectivity index (χ4v) is 3.21. The number of benzene rings is 2. The predicted octanol–water partition coefficient (Wildman–Crippen LogP) is 1.63. The molecule has 0 aliphatic rings. The fourth-order valence-electron chi connectivity index (χ4n) is 2.12. The van der Waals surface area contributed by atoms with Gasteiger partial charge >= 0.3 is 0 Å². The molecular formula is C17H17F2N3O4S. The Bertz CT molecular complexity index is 964. The van der Waals surface area contributed by atoms with E-state index in [2.05, 4.69) is 15.4 Å². The molecule has 0 unspecified atom stereocenters. The Morgan fingerprint density at radius 2 is 1.78 bits per heavy atom. The summed E-state index contributed by atoms with van der Waals surface area (Å²) in [4.78, 5) is 23.8. The molecule has 0 fully saturated rings. The maximum Gasteiger partial charge on any atom is 0.251 e. The van der Waals surface area contributed by atoms with Crippen molar-refractivity contribution in [2.24, 2.45) is 0 Å². The molecule has 2 aromatic rings. The first-order chi connectivity index (χ1) is 12.7. The summed E-state index contributed by atoms with van der Waals surface area (Å²) in [5, 5.41) is 4.62. The van der Waals surface area contributed by atoms with Crippen molar-refractivity contribution in [2.75, 3.05) is 18.4 Å². The molecule has 0 aliphatic carbocycles. The number of carbonyl (C=O) groups excluding carboxylic acids is 2. The lowest BCUT2D eigenvalue weighted by atomic mass is 10.2. The van der Waals surface area contributed by atoms with Gasteiger partial charge in [0.1, 0.15) is 0 Å². The molecule has 10 heteroatoms. The van der Waals surface area contributed by atoms with Crippen LogP contribution in [0.1, 0.15) is 17.3 Å². The molecule has 3 N–H and O–H groups in total. The zero-order chi connectivity index (χ0) is 20.0. The summed E-state index contributed by atoms with van der Waals surface area (Å²) in [6, 6.07) is 8.16. The summed E-state index contributed by atoms with van der Waals surface area (Å²) < 4.78 is 52.2. The Kier molecular flexibility index (Phi) is 6.59. The van der Waals surface area contributed by atoms with Gasteiger partial charge in [-0.05, 0) is 30.3 Å². The van der Waals surface area contributed by atoms with Crippen molar-refractivity contribution >= 4 is 27.5 Å². The fraction of sp³-hybridized carbons (Fsp3) is 0.176. The molecule has 27 heavy (non-hydrogen) atoms. The van der Waals surface area contributed by atoms with Crippen LogP contribution in [0.25, 0.3) is 0 Å². The van der Waals surface area contributed by atoms with E-state index in [0.717, 1.165) is 12.1 Å². The number of halogens is 2. The van der Waals surface area contributed by atoms with Crippen LogP contribution >= 0.6 is 0 Å². The van der Waals surface area contributed by atoms with Crippen LogP contribution in [0.15, 0.2) is 47.4 Å². The standard InChI is InChI=1S/C17H17F2N3O4S/c1-2-21-27(25,26)13-5-3-4-11(8-13)17(24)20-10-16(23)22-12-6-7-14(18)15(19)9-12/h3-9,21H,2,10H2,1H3,(H,20,24)(H,22,23). The van der Waals surface area contributed by atoms with Crippen molar-refractivity contribution in [1.82, 2.24) is 10.0 Å². The van der Waals surface area contributed by atoms with E-state index in [1.54, 1.807) is 6.92 Å². The molecule has 7 nitrogen and oxygen atoms in total. The molecule has 0 spiro atoms. The number of hydrogen-bond acceptors (Lipinski definition) is 4. The average molecular weight is 397 g/mol. The maximum absolute atomic E-state index is 13.1. The molecule has 2 rings (SSSR count). The van der Waals surface area contributed by atoms with E-state index >= 15 is 0 Å². The predicted molar refractivity (Wildman–Crippen MR) is 94.6 cm³/mol. The minimum atomic E-state index is -3.72. The van der Waals surface area contributed by atoms with Crippen LogP contribution in [-0.2, 0) is 14.8 Å². The Morgan fingerprint density at radius 3 is 2.44 bits per heavy atom. The Balaban J connectivity index is 1.99. The molecule has 0 radical (unpaired) electrons. The van der Waals surface area contributed by atoms with E-state index < -0.39 is 40.0 Å². The van der Waals surface area contributed by atoms with E-state index in [0.29, 0.717) is 0 Å². The zero-order valence-electron chi connectivity index (χ0n) is 14.3. The number of hydrogen-bond donors (Lipinski definition) is 3. The van der Waals surface area contributed by atoms with Crippen molar-refractivity contribution in [2.45, 2.75) is 11.8 Å². The molecular weight excluding hydrogens is 380 g/mol. The number of carbonyl (C=O) groups is 2. The van der Waals surface area contributed by atoms with E-state index in [1.165, 1.54) is 30.3 Å². The van der Waals surface area contributed by atoms with E-state index in [9.17, 15) is 26.8 Å². The molecule has 2 amide bonds. The smallest absolute Gasteiger partial charge is 0.251 e. The first-order valence-electron chi connectivity index (χ1n) is 7.85. The molecule has 0 heterocycles. The SMILES string of the molecule is CCNS(=O)(=O)c1cccc(C(=O)NCC(=O)Nc2ccc(F)c(F)c2)c1. The average Bonchev–Trinajstić information content (AvgIpc) is 2.63. The molecule has 0 aliphatic heterocycles. The molecule has 0 atom stereocenters. The summed E-state index contributed by atoms with van der Waals surface area (Å²) in [6.07, 6.45) is 0. The Morgan fingerprint density at radius 1 is 1.04 bits per heavy atom. The van der Waals surface area contributed by atoms with Crippen molar-refractivity contribution in [3.63, 3.8) is 0 Å². The summed E-state index contributed by atoms with van der Waals surface area (Å²) in [5.41, 5.74) is 0.0847. The van der Waals surface area contributed by atoms with Gasteiger partial charge in [-0.15, -0.1) is 0 Å². The van der Waals surface area contributed by atoms with Crippen molar-refractivity contribution < 1.29 is 26.8 Å². The molecule has 0 aromatic heterocycles. The van der Waals surface area contributed by atoms with Crippen molar-refractivity contribution in [1.29, 1.82) is 0 Å². The van der Waals surface area contributed by atoms with Crippen molar-refractivity contribution in [3.8, 4) is 0 Å². The largest absolute Gasteiger partial charge is 0.343 e. The monoisotopic (exact) mass is 397 g/mol. The zero-order valence-corrected chi connectivity index (χ0v) is 15.1. The van der Waals surface area contributed by atoms with E-state index in [1.807, 2.05) is 0 Å². The van der Waals surface area contributed by atoms with Gasteiger partial charge in [-0.25, -0.2) is 21.9 Å². The van der Waals surface area contributed by atoms with Gasteiger partial charge < -0.3 is 10.6 Å². The molecule has 144 valence electrons. The number of nitrogens with one attached hydrogen (secondary N) is 3. The second-order valence-corrected chi connectivity index (χ2v) is 7.16. The maximum atomic E-state index is 13.1. The summed E-state index contributed by atoms with van der Waals surface area (Å²) >= 11 is 0. The van der Waals surface area contributed by atoms with Crippen LogP contribution in [0.3, 0.4) is 0 Å². The van der Waals surface area contributed by atoms with E-state index in [4.69, 9.17) is 0 Å². The summed E-state index contributed by atoms with van der Waals surface area (Å²) in [6.45, 7) is 1.38. The van der Waals surface area contributed by atoms with E-state index in [-0.39, 0.29) is 22.7 Å². The number of rotatable bonds is 7. The highest BCUT2D eigenvalue weighted by molar-refractivity contribution is 7.89. The molecule has 2 aromatic carbocycles. The van der Waals surface area contributed by atoms with Crippen LogP contribution in [0, 0.1) is 11.6 Å². The third-order valence-corrected chi connectivity index (χ3v) is 4.90. The minimum Gasteiger partial charge on any atom is -0.343 e. The summed E-state index contributed by atoms with van der Waals surface area (Å²) in [7, 11) is -3.72. The van der Waals surface area contributed by atoms with Gasteiger partial charge in [-0.2, -0.15) is 0 Å². The summed E-state index contributed by atoms with van der Waals surface area (Å²) in [5.74, 6) is -3.49. The second-order valence-electron chi connectivity index (χ2n) is 5.39. The third kappa shape index (κ3) is 5.56. The third-order valence-electron chi connectivity index (χ3n) is 3.35. The van der Waals surface area contributed by atoms with Gasteiger partial charge in [-0.1, -0.05) is 13.0 Å². The highest BCUT2D eigenvalue weighted by Crippen LogP contribution is 2.13. The van der Waals surface area contributed by atoms with Crippen LogP contribution in [0.5, 0.6) is 0 Å². The first-order valence-corrected chi connectivity index (χ1v) is 9.34. The van der Waals surface area contributed by atoms with Crippen LogP contribution in [0.4, 0.5) is 14.5 Å². The van der Waals surface area contributed by atoms with Gasteiger partial charge in [0, 0.05) is 23.9 Å². The van der Waals surface area contributed by atoms with Gasteiger partial charge in [0.2, 0.25) is 15.9 Å². The second kappa shape index (κ2) is 8.69. The van der Waals surface area contributed by atoms with Crippen molar-refractivity contribution in [3.05, 3.63) is 59.7 Å². The highest BCUT2D eigenvalue weighted by Gasteiger charge is 2.16. The normalized spacial score (nSPS) is 11.1. The number of anilines is 1. The topological polar surface area (TPSA) is 104 Å². The van der Waals surface area contributed by atoms with Gasteiger partial charge in [0.25, 0.3) is 5.91 Å². The first kappa shape index (κ1) is 20.5. The quantitative estimate of drug-likeness (QED) is 0.661. The number of amides is 2. The lowest BCUT2D eigenvalue weighted by Gasteiger charge is -2.09. The highest BCUT2D eigenvalue weighted by atomic mass is 32.2. The van der Waals surface area contributed by atoms with Gasteiger partial charge in [-0.3, -0.25) is 9.59 Å². The Labute approximate surface area is 154 Å². The Hall–Kier alpha value is -2.85. The lowest BCUT2D eigenvalue weighted by Crippen LogP contribution is -2.33. The minimum absolute atomic E-state index is 0.0341. The molecule has 0 saturated carbocycles. The van der Waals surface area contributed by atoms with Gasteiger partial charge in [0.15, 0.2) is 11.6 Å². The van der Waals surface area contributed by atoms with Crippen LogP contribution < -0.4 is 15.4 Å². The van der Waals surface area contributed by atoms with Crippen LogP contribution in [0.2, 0.25) is 0 Å². The van der Waals surface area contributed by atoms with Gasteiger partial charge in [0.05, 0.1) is 11.4 Å².